The second kappa shape index (κ2) is 12.4. The third-order valence-electron chi connectivity index (χ3n) is 5.29. The van der Waals surface area contributed by atoms with E-state index in [-0.39, 0.29) is 30.3 Å². The number of anilines is 1. The summed E-state index contributed by atoms with van der Waals surface area (Å²) in [6, 6.07) is 6.96. The van der Waals surface area contributed by atoms with E-state index in [1.165, 1.54) is 0 Å². The smallest absolute Gasteiger partial charge is 0.407 e. The Morgan fingerprint density at radius 1 is 1.15 bits per heavy atom. The number of alkyl carbamates (subject to hydrolysis) is 1. The number of ether oxygens (including phenoxy) is 2. The van der Waals surface area contributed by atoms with Crippen molar-refractivity contribution in [2.45, 2.75) is 59.1 Å². The number of hydrogen-bond acceptors (Lipinski definition) is 6. The van der Waals surface area contributed by atoms with Gasteiger partial charge in [-0.05, 0) is 66.1 Å². The van der Waals surface area contributed by atoms with Crippen LogP contribution in [0.2, 0.25) is 0 Å². The first-order valence-electron chi connectivity index (χ1n) is 11.6. The molecule has 3 amide bonds. The third-order valence-corrected chi connectivity index (χ3v) is 5.29. The molecular formula is C24H38N4O5. The third kappa shape index (κ3) is 8.92. The Morgan fingerprint density at radius 2 is 1.85 bits per heavy atom. The largest absolute Gasteiger partial charge is 0.492 e. The van der Waals surface area contributed by atoms with Crippen LogP contribution in [-0.2, 0) is 14.3 Å². The average Bonchev–Trinajstić information content (AvgIpc) is 2.76. The van der Waals surface area contributed by atoms with Gasteiger partial charge < -0.3 is 25.4 Å². The molecule has 0 radical (unpaired) electrons. The number of carbonyl (C=O) groups excluding carboxylic acids is 3. The highest BCUT2D eigenvalue weighted by Crippen LogP contribution is 2.25. The highest BCUT2D eigenvalue weighted by molar-refractivity contribution is 5.95. The molecule has 1 saturated heterocycles. The second-order valence-electron chi connectivity index (χ2n) is 9.15. The Kier molecular flexibility index (Phi) is 9.96. The van der Waals surface area contributed by atoms with Gasteiger partial charge in [-0.15, -0.1) is 0 Å². The van der Waals surface area contributed by atoms with Gasteiger partial charge >= 0.3 is 6.09 Å². The summed E-state index contributed by atoms with van der Waals surface area (Å²) in [4.78, 5) is 39.2. The zero-order valence-corrected chi connectivity index (χ0v) is 20.4. The molecule has 1 aromatic rings. The summed E-state index contributed by atoms with van der Waals surface area (Å²) in [5, 5.41) is 8.44. The number of benzene rings is 1. The van der Waals surface area contributed by atoms with E-state index in [1.807, 2.05) is 43.0 Å². The van der Waals surface area contributed by atoms with E-state index in [4.69, 9.17) is 9.47 Å². The monoisotopic (exact) mass is 462 g/mol. The summed E-state index contributed by atoms with van der Waals surface area (Å²) in [6.07, 6.45) is 1.09. The number of amides is 3. The fourth-order valence-electron chi connectivity index (χ4n) is 3.64. The lowest BCUT2D eigenvalue weighted by Crippen LogP contribution is -2.50. The molecule has 0 aliphatic carbocycles. The standard InChI is InChI=1S/C24H38N4O5/c1-6-32-20-12-8-7-11-19(20)27-21(29)17(2)28-15-9-10-18(16-28)22(30)25-13-14-26-23(31)33-24(3,4)5/h7-8,11-12,17-18H,6,9-10,13-16H2,1-5H3,(H,25,30)(H,26,31)(H,27,29). The highest BCUT2D eigenvalue weighted by Gasteiger charge is 2.31. The van der Waals surface area contributed by atoms with E-state index < -0.39 is 11.7 Å². The minimum Gasteiger partial charge on any atom is -0.492 e. The van der Waals surface area contributed by atoms with E-state index in [1.54, 1.807) is 20.8 Å². The van der Waals surface area contributed by atoms with Crippen LogP contribution in [0.1, 0.15) is 47.5 Å². The SMILES string of the molecule is CCOc1ccccc1NC(=O)C(C)N1CCCC(C(=O)NCCNC(=O)OC(C)(C)C)C1. The Labute approximate surface area is 196 Å². The molecule has 9 nitrogen and oxygen atoms in total. The van der Waals surface area contributed by atoms with Crippen molar-refractivity contribution < 1.29 is 23.9 Å². The maximum absolute atomic E-state index is 12.9. The number of rotatable bonds is 9. The van der Waals surface area contributed by atoms with Gasteiger partial charge in [-0.1, -0.05) is 12.1 Å². The zero-order valence-electron chi connectivity index (χ0n) is 20.4. The van der Waals surface area contributed by atoms with Crippen LogP contribution in [0.4, 0.5) is 10.5 Å². The summed E-state index contributed by atoms with van der Waals surface area (Å²) < 4.78 is 10.8. The van der Waals surface area contributed by atoms with Crippen LogP contribution in [0.15, 0.2) is 24.3 Å². The van der Waals surface area contributed by atoms with Crippen molar-refractivity contribution in [3.8, 4) is 5.75 Å². The first kappa shape index (κ1) is 26.4. The lowest BCUT2D eigenvalue weighted by molar-refractivity contribution is -0.129. The summed E-state index contributed by atoms with van der Waals surface area (Å²) >= 11 is 0. The number of hydrogen-bond donors (Lipinski definition) is 3. The molecule has 0 saturated carbocycles. The van der Waals surface area contributed by atoms with Crippen LogP contribution in [0, 0.1) is 5.92 Å². The molecule has 1 aliphatic heterocycles. The molecule has 2 rings (SSSR count). The summed E-state index contributed by atoms with van der Waals surface area (Å²) in [5.74, 6) is 0.229. The first-order valence-corrected chi connectivity index (χ1v) is 11.6. The number of piperidine rings is 1. The molecule has 0 bridgehead atoms. The quantitative estimate of drug-likeness (QED) is 0.487. The van der Waals surface area contributed by atoms with Crippen molar-refractivity contribution in [2.75, 3.05) is 38.1 Å². The van der Waals surface area contributed by atoms with E-state index in [2.05, 4.69) is 16.0 Å². The van der Waals surface area contributed by atoms with Gasteiger partial charge in [0.2, 0.25) is 11.8 Å². The van der Waals surface area contributed by atoms with Crippen LogP contribution in [0.25, 0.3) is 0 Å². The Balaban J connectivity index is 1.81. The Morgan fingerprint density at radius 3 is 2.55 bits per heavy atom. The van der Waals surface area contributed by atoms with Crippen LogP contribution in [-0.4, -0.2) is 67.2 Å². The minimum absolute atomic E-state index is 0.0695. The molecule has 1 aliphatic rings. The van der Waals surface area contributed by atoms with Crippen LogP contribution in [0.5, 0.6) is 5.75 Å². The normalized spacial score (nSPS) is 17.5. The number of carbonyl (C=O) groups is 3. The predicted molar refractivity (Wildman–Crippen MR) is 127 cm³/mol. The van der Waals surface area contributed by atoms with Crippen LogP contribution >= 0.6 is 0 Å². The van der Waals surface area contributed by atoms with Crippen molar-refractivity contribution in [3.63, 3.8) is 0 Å². The zero-order chi connectivity index (χ0) is 24.4. The molecule has 2 atom stereocenters. The molecule has 0 aromatic heterocycles. The fourth-order valence-corrected chi connectivity index (χ4v) is 3.64. The number of nitrogens with one attached hydrogen (secondary N) is 3. The van der Waals surface area contributed by atoms with Crippen molar-refractivity contribution in [2.24, 2.45) is 5.92 Å². The van der Waals surface area contributed by atoms with Crippen molar-refractivity contribution in [3.05, 3.63) is 24.3 Å². The summed E-state index contributed by atoms with van der Waals surface area (Å²) in [6.45, 7) is 11.5. The molecular weight excluding hydrogens is 424 g/mol. The molecule has 2 unspecified atom stereocenters. The number of nitrogens with zero attached hydrogens (tertiary/aromatic N) is 1. The van der Waals surface area contributed by atoms with Crippen molar-refractivity contribution >= 4 is 23.6 Å². The highest BCUT2D eigenvalue weighted by atomic mass is 16.6. The minimum atomic E-state index is -0.563. The van der Waals surface area contributed by atoms with E-state index >= 15 is 0 Å². The Hall–Kier alpha value is -2.81. The van der Waals surface area contributed by atoms with Gasteiger partial charge in [0.1, 0.15) is 11.4 Å². The topological polar surface area (TPSA) is 109 Å². The maximum Gasteiger partial charge on any atom is 0.407 e. The molecule has 184 valence electrons. The van der Waals surface area contributed by atoms with Gasteiger partial charge in [0, 0.05) is 19.6 Å². The van der Waals surface area contributed by atoms with E-state index in [0.717, 1.165) is 19.4 Å². The molecule has 3 N–H and O–H groups in total. The van der Waals surface area contributed by atoms with Gasteiger partial charge in [-0.25, -0.2) is 4.79 Å². The van der Waals surface area contributed by atoms with Gasteiger partial charge in [0.05, 0.1) is 24.3 Å². The van der Waals surface area contributed by atoms with E-state index in [9.17, 15) is 14.4 Å². The molecule has 1 heterocycles. The molecule has 1 aromatic carbocycles. The second-order valence-corrected chi connectivity index (χ2v) is 9.15. The lowest BCUT2D eigenvalue weighted by Gasteiger charge is -2.35. The predicted octanol–water partition coefficient (Wildman–Crippen LogP) is 2.77. The molecule has 1 fully saturated rings. The Bertz CT molecular complexity index is 808. The summed E-state index contributed by atoms with van der Waals surface area (Å²) in [5.41, 5.74) is 0.0764. The van der Waals surface area contributed by atoms with Crippen LogP contribution < -0.4 is 20.7 Å². The van der Waals surface area contributed by atoms with Gasteiger partial charge in [-0.2, -0.15) is 0 Å². The number of likely N-dealkylation sites (tertiary alicyclic amines) is 1. The van der Waals surface area contributed by atoms with E-state index in [0.29, 0.717) is 31.1 Å². The average molecular weight is 463 g/mol. The first-order chi connectivity index (χ1) is 15.6. The molecule has 33 heavy (non-hydrogen) atoms. The van der Waals surface area contributed by atoms with Gasteiger partial charge in [0.25, 0.3) is 0 Å². The van der Waals surface area contributed by atoms with Gasteiger partial charge in [-0.3, -0.25) is 14.5 Å². The summed E-state index contributed by atoms with van der Waals surface area (Å²) in [7, 11) is 0. The van der Waals surface area contributed by atoms with Crippen molar-refractivity contribution in [1.82, 2.24) is 15.5 Å². The molecule has 9 heteroatoms. The van der Waals surface area contributed by atoms with Crippen molar-refractivity contribution in [1.29, 1.82) is 0 Å². The fraction of sp³-hybridized carbons (Fsp3) is 0.625. The van der Waals surface area contributed by atoms with Crippen LogP contribution in [0.3, 0.4) is 0 Å². The lowest BCUT2D eigenvalue weighted by atomic mass is 9.96. The maximum atomic E-state index is 12.9. The molecule has 0 spiro atoms. The van der Waals surface area contributed by atoms with Gasteiger partial charge in [0.15, 0.2) is 0 Å². The number of para-hydroxylation sites is 2.